The number of carbonyl (C=O) groups is 1. The van der Waals surface area contributed by atoms with E-state index in [-0.39, 0.29) is 17.0 Å². The van der Waals surface area contributed by atoms with Crippen LogP contribution in [0.4, 0.5) is 16.4 Å². The van der Waals surface area contributed by atoms with Gasteiger partial charge < -0.3 is 19.7 Å². The molecule has 13 heteroatoms. The molecule has 5 rings (SSSR count). The van der Waals surface area contributed by atoms with E-state index in [2.05, 4.69) is 20.0 Å². The molecule has 0 radical (unpaired) electrons. The molecule has 2 aromatic carbocycles. The van der Waals surface area contributed by atoms with Crippen molar-refractivity contribution < 1.29 is 22.7 Å². The van der Waals surface area contributed by atoms with Gasteiger partial charge in [-0.05, 0) is 101 Å². The molecule has 1 saturated heterocycles. The summed E-state index contributed by atoms with van der Waals surface area (Å²) < 4.78 is 40.8. The first kappa shape index (κ1) is 33.0. The van der Waals surface area contributed by atoms with Crippen molar-refractivity contribution in [3.63, 3.8) is 0 Å². The topological polar surface area (TPSA) is 136 Å². The number of halogens is 1. The van der Waals surface area contributed by atoms with Gasteiger partial charge in [0.15, 0.2) is 0 Å². The molecule has 1 aliphatic rings. The summed E-state index contributed by atoms with van der Waals surface area (Å²) in [6.07, 6.45) is 4.61. The van der Waals surface area contributed by atoms with Crippen LogP contribution in [0.25, 0.3) is 11.3 Å². The first-order valence-corrected chi connectivity index (χ1v) is 16.7. The number of sulfonamides is 1. The van der Waals surface area contributed by atoms with E-state index in [0.29, 0.717) is 63.8 Å². The summed E-state index contributed by atoms with van der Waals surface area (Å²) in [5.41, 5.74) is 2.15. The van der Waals surface area contributed by atoms with Gasteiger partial charge >= 0.3 is 6.09 Å². The summed E-state index contributed by atoms with van der Waals surface area (Å²) in [4.78, 5) is 28.0. The van der Waals surface area contributed by atoms with Crippen molar-refractivity contribution >= 4 is 39.4 Å². The molecule has 0 aliphatic carbocycles. The van der Waals surface area contributed by atoms with Crippen LogP contribution in [-0.4, -0.2) is 59.1 Å². The molecule has 1 atom stereocenters. The largest absolute Gasteiger partial charge is 0.444 e. The van der Waals surface area contributed by atoms with E-state index in [1.165, 1.54) is 0 Å². The number of carbonyl (C=O) groups excluding carboxylic acids is 1. The number of benzene rings is 2. The number of piperidine rings is 1. The van der Waals surface area contributed by atoms with Gasteiger partial charge in [0.25, 0.3) is 10.0 Å². The van der Waals surface area contributed by atoms with Crippen LogP contribution in [0.5, 0.6) is 11.6 Å². The van der Waals surface area contributed by atoms with Gasteiger partial charge in [-0.25, -0.2) is 28.2 Å². The lowest BCUT2D eigenvalue weighted by Crippen LogP contribution is -2.47. The molecule has 3 heterocycles. The normalized spacial score (nSPS) is 15.3. The number of para-hydroxylation sites is 1. The second-order valence-electron chi connectivity index (χ2n) is 12.1. The van der Waals surface area contributed by atoms with Gasteiger partial charge in [0.1, 0.15) is 11.4 Å². The average Bonchev–Trinajstić information content (AvgIpc) is 2.99. The lowest BCUT2D eigenvalue weighted by atomic mass is 10.1. The Labute approximate surface area is 274 Å². The zero-order valence-electron chi connectivity index (χ0n) is 26.4. The lowest BCUT2D eigenvalue weighted by Gasteiger charge is -2.34. The van der Waals surface area contributed by atoms with E-state index in [1.54, 1.807) is 79.7 Å². The van der Waals surface area contributed by atoms with Gasteiger partial charge in [0.2, 0.25) is 11.8 Å². The first-order chi connectivity index (χ1) is 21.8. The number of rotatable bonds is 8. The number of nitrogens with zero attached hydrogens (tertiary/aromatic N) is 4. The van der Waals surface area contributed by atoms with Crippen LogP contribution in [0.2, 0.25) is 5.02 Å². The van der Waals surface area contributed by atoms with Crippen LogP contribution in [0.15, 0.2) is 71.9 Å². The highest BCUT2D eigenvalue weighted by molar-refractivity contribution is 7.92. The van der Waals surface area contributed by atoms with Crippen molar-refractivity contribution in [2.45, 2.75) is 64.0 Å². The maximum Gasteiger partial charge on any atom is 0.410 e. The van der Waals surface area contributed by atoms with Gasteiger partial charge in [-0.3, -0.25) is 4.72 Å². The monoisotopic (exact) mass is 664 g/mol. The molecular formula is C33H37ClN6O5S. The summed E-state index contributed by atoms with van der Waals surface area (Å²) in [6.45, 7) is 10.2. The van der Waals surface area contributed by atoms with E-state index in [9.17, 15) is 13.2 Å². The van der Waals surface area contributed by atoms with E-state index in [4.69, 9.17) is 26.1 Å². The Kier molecular flexibility index (Phi) is 9.68. The Hall–Kier alpha value is -4.42. The second-order valence-corrected chi connectivity index (χ2v) is 14.2. The van der Waals surface area contributed by atoms with Crippen molar-refractivity contribution in [2.24, 2.45) is 0 Å². The molecule has 46 heavy (non-hydrogen) atoms. The summed E-state index contributed by atoms with van der Waals surface area (Å²) in [6, 6.07) is 15.1. The maximum absolute atomic E-state index is 13.2. The van der Waals surface area contributed by atoms with Crippen LogP contribution < -0.4 is 14.8 Å². The van der Waals surface area contributed by atoms with Gasteiger partial charge in [-0.15, -0.1) is 0 Å². The number of ether oxygens (including phenoxy) is 2. The Morgan fingerprint density at radius 1 is 1.02 bits per heavy atom. The van der Waals surface area contributed by atoms with Crippen molar-refractivity contribution in [1.82, 2.24) is 19.9 Å². The predicted molar refractivity (Wildman–Crippen MR) is 178 cm³/mol. The zero-order chi connectivity index (χ0) is 33.1. The highest BCUT2D eigenvalue weighted by Crippen LogP contribution is 2.36. The zero-order valence-corrected chi connectivity index (χ0v) is 27.9. The quantitative estimate of drug-likeness (QED) is 0.200. The van der Waals surface area contributed by atoms with Gasteiger partial charge in [0, 0.05) is 31.5 Å². The molecule has 242 valence electrons. The number of anilines is 2. The first-order valence-electron chi connectivity index (χ1n) is 14.9. The van der Waals surface area contributed by atoms with Gasteiger partial charge in [0.05, 0.1) is 26.9 Å². The van der Waals surface area contributed by atoms with Crippen LogP contribution in [-0.2, 0) is 14.8 Å². The van der Waals surface area contributed by atoms with Crippen LogP contribution >= 0.6 is 11.6 Å². The predicted octanol–water partition coefficient (Wildman–Crippen LogP) is 7.21. The smallest absolute Gasteiger partial charge is 0.410 e. The fraction of sp³-hybridized carbons (Fsp3) is 0.333. The maximum atomic E-state index is 13.2. The molecule has 2 N–H and O–H groups in total. The van der Waals surface area contributed by atoms with Crippen molar-refractivity contribution in [3.05, 3.63) is 83.1 Å². The van der Waals surface area contributed by atoms with Crippen LogP contribution in [0.1, 0.15) is 44.7 Å². The molecule has 0 bridgehead atoms. The Morgan fingerprint density at radius 2 is 1.76 bits per heavy atom. The number of aryl methyl sites for hydroxylation is 2. The van der Waals surface area contributed by atoms with E-state index in [1.807, 2.05) is 26.8 Å². The molecule has 0 saturated carbocycles. The average molecular weight is 665 g/mol. The van der Waals surface area contributed by atoms with E-state index >= 15 is 0 Å². The Bertz CT molecular complexity index is 1820. The van der Waals surface area contributed by atoms with Crippen molar-refractivity contribution in [1.29, 1.82) is 0 Å². The fourth-order valence-corrected chi connectivity index (χ4v) is 6.57. The molecule has 2 aromatic heterocycles. The van der Waals surface area contributed by atoms with Gasteiger partial charge in [-0.1, -0.05) is 23.7 Å². The fourth-order valence-electron chi connectivity index (χ4n) is 5.09. The summed E-state index contributed by atoms with van der Waals surface area (Å²) in [5, 5.41) is 3.66. The number of hydrogen-bond donors (Lipinski definition) is 2. The van der Waals surface area contributed by atoms with E-state index < -0.39 is 15.6 Å². The summed E-state index contributed by atoms with van der Waals surface area (Å²) >= 11 is 6.17. The number of hydrogen-bond acceptors (Lipinski definition) is 9. The van der Waals surface area contributed by atoms with Gasteiger partial charge in [-0.2, -0.15) is 0 Å². The van der Waals surface area contributed by atoms with Crippen molar-refractivity contribution in [2.75, 3.05) is 23.1 Å². The highest BCUT2D eigenvalue weighted by Gasteiger charge is 2.28. The van der Waals surface area contributed by atoms with Crippen molar-refractivity contribution in [3.8, 4) is 22.9 Å². The standard InChI is InChI=1S/C33H37ClN6O5S/c1-21-18-24(46(42,43)39-28-13-7-6-12-26(28)34)19-22(2)29(21)44-30-25(11-8-15-35-30)27-14-16-36-31(38-27)37-23-10-9-17-40(20-23)32(41)45-33(3,4)5/h6-8,11-16,18-19,23,39H,9-10,17,20H2,1-5H3,(H,36,37,38)/t23-/m0/s1. The van der Waals surface area contributed by atoms with Crippen LogP contribution in [0, 0.1) is 13.8 Å². The third-order valence-electron chi connectivity index (χ3n) is 7.17. The molecule has 1 aliphatic heterocycles. The molecule has 11 nitrogen and oxygen atoms in total. The molecule has 0 spiro atoms. The molecule has 0 unspecified atom stereocenters. The number of nitrogens with one attached hydrogen (secondary N) is 2. The SMILES string of the molecule is Cc1cc(S(=O)(=O)Nc2ccccc2Cl)cc(C)c1Oc1ncccc1-c1ccnc(N[C@H]2CCCN(C(=O)OC(C)(C)C)C2)n1. The summed E-state index contributed by atoms with van der Waals surface area (Å²) in [5.74, 6) is 1.20. The molecule has 4 aromatic rings. The highest BCUT2D eigenvalue weighted by atomic mass is 35.5. The second kappa shape index (κ2) is 13.5. The summed E-state index contributed by atoms with van der Waals surface area (Å²) in [7, 11) is -3.91. The lowest BCUT2D eigenvalue weighted by molar-refractivity contribution is 0.0206. The number of amides is 1. The Balaban J connectivity index is 1.34. The number of aromatic nitrogens is 3. The minimum atomic E-state index is -3.91. The number of likely N-dealkylation sites (tertiary alicyclic amines) is 1. The van der Waals surface area contributed by atoms with E-state index in [0.717, 1.165) is 12.8 Å². The third-order valence-corrected chi connectivity index (χ3v) is 8.84. The minimum Gasteiger partial charge on any atom is -0.444 e. The Morgan fingerprint density at radius 3 is 2.48 bits per heavy atom. The molecule has 1 amide bonds. The third kappa shape index (κ3) is 8.04. The number of pyridine rings is 1. The molecular weight excluding hydrogens is 628 g/mol. The van der Waals surface area contributed by atoms with Crippen LogP contribution in [0.3, 0.4) is 0 Å². The minimum absolute atomic E-state index is 0.0476. The molecule has 1 fully saturated rings.